The van der Waals surface area contributed by atoms with Crippen molar-refractivity contribution < 1.29 is 9.21 Å². The van der Waals surface area contributed by atoms with Crippen LogP contribution >= 0.6 is 0 Å². The Hall–Kier alpha value is -1.25. The Morgan fingerprint density at radius 2 is 1.94 bits per heavy atom. The highest BCUT2D eigenvalue weighted by molar-refractivity contribution is 5.71. The smallest absolute Gasteiger partial charge is 0.196 e. The first kappa shape index (κ1) is 12.2. The molecule has 0 bridgehead atoms. The van der Waals surface area contributed by atoms with E-state index in [0.29, 0.717) is 11.2 Å². The minimum Gasteiger partial charge on any atom is -0.438 e. The molecule has 0 atom stereocenters. The minimum absolute atomic E-state index is 0.392. The molecule has 1 aromatic heterocycles. The number of aldehydes is 1. The van der Waals surface area contributed by atoms with Crippen LogP contribution in [-0.4, -0.2) is 19.4 Å². The van der Waals surface area contributed by atoms with Crippen LogP contribution in [0.4, 0.5) is 5.88 Å². The second-order valence-electron chi connectivity index (χ2n) is 5.92. The van der Waals surface area contributed by atoms with Crippen LogP contribution in [-0.2, 0) is 0 Å². The molecule has 0 aromatic carbocycles. The molecule has 1 aromatic rings. The van der Waals surface area contributed by atoms with Crippen molar-refractivity contribution in [3.05, 3.63) is 17.9 Å². The van der Waals surface area contributed by atoms with Crippen molar-refractivity contribution in [2.75, 3.05) is 18.0 Å². The van der Waals surface area contributed by atoms with Crippen LogP contribution in [0.5, 0.6) is 0 Å². The van der Waals surface area contributed by atoms with Gasteiger partial charge in [-0.3, -0.25) is 4.79 Å². The van der Waals surface area contributed by atoms with Gasteiger partial charge in [0.05, 0.1) is 0 Å². The summed E-state index contributed by atoms with van der Waals surface area (Å²) in [5.74, 6) is 2.02. The number of carbonyl (C=O) groups excluding carboxylic acids is 1. The normalized spacial score (nSPS) is 18.4. The zero-order valence-electron chi connectivity index (χ0n) is 10.9. The Kier molecular flexibility index (Phi) is 3.27. The van der Waals surface area contributed by atoms with E-state index in [1.54, 1.807) is 6.07 Å². The monoisotopic (exact) mass is 235 g/mol. The van der Waals surface area contributed by atoms with Crippen LogP contribution in [0, 0.1) is 11.3 Å². The number of anilines is 1. The van der Waals surface area contributed by atoms with Gasteiger partial charge in [-0.2, -0.15) is 0 Å². The van der Waals surface area contributed by atoms with E-state index in [4.69, 9.17) is 4.42 Å². The quantitative estimate of drug-likeness (QED) is 0.737. The van der Waals surface area contributed by atoms with Gasteiger partial charge >= 0.3 is 0 Å². The van der Waals surface area contributed by atoms with Crippen molar-refractivity contribution in [3.63, 3.8) is 0 Å². The number of furan rings is 1. The van der Waals surface area contributed by atoms with Crippen molar-refractivity contribution in [3.8, 4) is 0 Å². The summed E-state index contributed by atoms with van der Waals surface area (Å²) >= 11 is 0. The van der Waals surface area contributed by atoms with E-state index in [2.05, 4.69) is 25.7 Å². The highest BCUT2D eigenvalue weighted by Crippen LogP contribution is 2.35. The van der Waals surface area contributed by atoms with E-state index in [1.165, 1.54) is 12.8 Å². The lowest BCUT2D eigenvalue weighted by atomic mass is 9.75. The number of piperidine rings is 1. The topological polar surface area (TPSA) is 33.5 Å². The van der Waals surface area contributed by atoms with Crippen molar-refractivity contribution in [2.45, 2.75) is 33.6 Å². The fraction of sp³-hybridized carbons (Fsp3) is 0.643. The van der Waals surface area contributed by atoms with E-state index < -0.39 is 0 Å². The van der Waals surface area contributed by atoms with E-state index in [9.17, 15) is 4.79 Å². The van der Waals surface area contributed by atoms with Gasteiger partial charge in [0, 0.05) is 19.2 Å². The molecule has 2 rings (SSSR count). The number of carbonyl (C=O) groups is 1. The molecule has 0 saturated carbocycles. The molecule has 94 valence electrons. The first-order valence-corrected chi connectivity index (χ1v) is 6.30. The molecule has 0 unspecified atom stereocenters. The average molecular weight is 235 g/mol. The lowest BCUT2D eigenvalue weighted by Crippen LogP contribution is -2.37. The maximum absolute atomic E-state index is 10.6. The third-order valence-corrected chi connectivity index (χ3v) is 3.76. The Morgan fingerprint density at radius 3 is 2.41 bits per heavy atom. The van der Waals surface area contributed by atoms with Gasteiger partial charge in [-0.05, 0) is 30.2 Å². The van der Waals surface area contributed by atoms with Gasteiger partial charge in [0.15, 0.2) is 17.9 Å². The highest BCUT2D eigenvalue weighted by Gasteiger charge is 2.29. The zero-order chi connectivity index (χ0) is 12.5. The molecule has 2 heterocycles. The summed E-state index contributed by atoms with van der Waals surface area (Å²) in [5.41, 5.74) is 0.392. The first-order valence-electron chi connectivity index (χ1n) is 6.30. The Bertz CT molecular complexity index is 381. The second-order valence-corrected chi connectivity index (χ2v) is 5.92. The number of nitrogens with zero attached hydrogens (tertiary/aromatic N) is 1. The van der Waals surface area contributed by atoms with E-state index >= 15 is 0 Å². The fourth-order valence-corrected chi connectivity index (χ4v) is 2.54. The van der Waals surface area contributed by atoms with E-state index in [0.717, 1.165) is 31.2 Å². The summed E-state index contributed by atoms with van der Waals surface area (Å²) < 4.78 is 5.45. The lowest BCUT2D eigenvalue weighted by molar-refractivity contribution is 0.110. The van der Waals surface area contributed by atoms with Crippen molar-refractivity contribution in [1.29, 1.82) is 0 Å². The molecule has 1 aliphatic rings. The Morgan fingerprint density at radius 1 is 1.29 bits per heavy atom. The number of hydrogen-bond donors (Lipinski definition) is 0. The SMILES string of the molecule is CC(C)(C)C1CCN(c2ccc(C=O)o2)CC1. The van der Waals surface area contributed by atoms with Crippen molar-refractivity contribution in [2.24, 2.45) is 11.3 Å². The zero-order valence-corrected chi connectivity index (χ0v) is 10.9. The van der Waals surface area contributed by atoms with Crippen LogP contribution in [0.25, 0.3) is 0 Å². The predicted octanol–water partition coefficient (Wildman–Crippen LogP) is 3.35. The summed E-state index contributed by atoms with van der Waals surface area (Å²) in [6, 6.07) is 3.62. The van der Waals surface area contributed by atoms with Gasteiger partial charge in [0.2, 0.25) is 0 Å². The summed E-state index contributed by atoms with van der Waals surface area (Å²) in [7, 11) is 0. The van der Waals surface area contributed by atoms with Gasteiger partial charge in [-0.15, -0.1) is 0 Å². The molecule has 3 heteroatoms. The molecular formula is C14H21NO2. The fourth-order valence-electron chi connectivity index (χ4n) is 2.54. The molecular weight excluding hydrogens is 214 g/mol. The molecule has 0 spiro atoms. The van der Waals surface area contributed by atoms with Crippen LogP contribution in [0.2, 0.25) is 0 Å². The third-order valence-electron chi connectivity index (χ3n) is 3.76. The molecule has 0 amide bonds. The molecule has 0 aliphatic carbocycles. The maximum atomic E-state index is 10.6. The molecule has 1 fully saturated rings. The maximum Gasteiger partial charge on any atom is 0.196 e. The van der Waals surface area contributed by atoms with Gasteiger partial charge in [0.25, 0.3) is 0 Å². The molecule has 3 nitrogen and oxygen atoms in total. The summed E-state index contributed by atoms with van der Waals surface area (Å²) in [6.45, 7) is 8.97. The second kappa shape index (κ2) is 4.55. The van der Waals surface area contributed by atoms with E-state index in [-0.39, 0.29) is 0 Å². The molecule has 1 saturated heterocycles. The van der Waals surface area contributed by atoms with Crippen molar-refractivity contribution >= 4 is 12.2 Å². The van der Waals surface area contributed by atoms with Crippen LogP contribution in [0.1, 0.15) is 44.2 Å². The van der Waals surface area contributed by atoms with Crippen LogP contribution in [0.15, 0.2) is 16.5 Å². The summed E-state index contributed by atoms with van der Waals surface area (Å²) in [6.07, 6.45) is 3.15. The predicted molar refractivity (Wildman–Crippen MR) is 68.5 cm³/mol. The summed E-state index contributed by atoms with van der Waals surface area (Å²) in [5, 5.41) is 0. The van der Waals surface area contributed by atoms with Gasteiger partial charge < -0.3 is 9.32 Å². The minimum atomic E-state index is 0.392. The van der Waals surface area contributed by atoms with Gasteiger partial charge in [0.1, 0.15) is 0 Å². The molecule has 17 heavy (non-hydrogen) atoms. The van der Waals surface area contributed by atoms with Crippen LogP contribution < -0.4 is 4.90 Å². The first-order chi connectivity index (χ1) is 8.00. The number of hydrogen-bond acceptors (Lipinski definition) is 3. The highest BCUT2D eigenvalue weighted by atomic mass is 16.4. The van der Waals surface area contributed by atoms with Crippen LogP contribution in [0.3, 0.4) is 0 Å². The van der Waals surface area contributed by atoms with Crippen molar-refractivity contribution in [1.82, 2.24) is 0 Å². The Balaban J connectivity index is 1.97. The largest absolute Gasteiger partial charge is 0.438 e. The molecule has 0 N–H and O–H groups in total. The average Bonchev–Trinajstić information content (AvgIpc) is 2.76. The van der Waals surface area contributed by atoms with Gasteiger partial charge in [-0.25, -0.2) is 0 Å². The van der Waals surface area contributed by atoms with E-state index in [1.807, 2.05) is 6.07 Å². The summed E-state index contributed by atoms with van der Waals surface area (Å²) in [4.78, 5) is 12.8. The van der Waals surface area contributed by atoms with Gasteiger partial charge in [-0.1, -0.05) is 20.8 Å². The molecule has 0 radical (unpaired) electrons. The molecule has 1 aliphatic heterocycles. The third kappa shape index (κ3) is 2.71. The standard InChI is InChI=1S/C14H21NO2/c1-14(2,3)11-6-8-15(9-7-11)13-5-4-12(10-16)17-13/h4-5,10-11H,6-9H2,1-3H3. The number of rotatable bonds is 2. The Labute approximate surface area is 103 Å². The lowest BCUT2D eigenvalue weighted by Gasteiger charge is -2.38.